The molecular formula is C16H12N2. The standard InChI is InChI=1S/C16H12N2/c1-18-14-8-9-17-10-13(14)16-12-5-3-2-4-11(12)6-7-15(16)18/h2-10H,1H3. The maximum Gasteiger partial charge on any atom is 0.0520 e. The lowest BCUT2D eigenvalue weighted by Gasteiger charge is -2.01. The molecule has 2 aromatic heterocycles. The molecule has 2 aromatic carbocycles. The molecule has 0 atom stereocenters. The smallest absolute Gasteiger partial charge is 0.0520 e. The van der Waals surface area contributed by atoms with Crippen molar-refractivity contribution in [3.8, 4) is 0 Å². The third kappa shape index (κ3) is 1.10. The topological polar surface area (TPSA) is 17.8 Å². The fourth-order valence-electron chi connectivity index (χ4n) is 2.82. The molecule has 86 valence electrons. The molecule has 0 aliphatic rings. The highest BCUT2D eigenvalue weighted by Gasteiger charge is 2.10. The van der Waals surface area contributed by atoms with Crippen LogP contribution in [0.3, 0.4) is 0 Å². The first kappa shape index (κ1) is 9.66. The number of hydrogen-bond acceptors (Lipinski definition) is 1. The molecule has 0 spiro atoms. The van der Waals surface area contributed by atoms with Crippen LogP contribution >= 0.6 is 0 Å². The van der Waals surface area contributed by atoms with Crippen LogP contribution in [0.25, 0.3) is 32.6 Å². The molecule has 0 aliphatic carbocycles. The maximum atomic E-state index is 4.27. The molecule has 0 radical (unpaired) electrons. The van der Waals surface area contributed by atoms with Crippen LogP contribution in [0.1, 0.15) is 0 Å². The highest BCUT2D eigenvalue weighted by molar-refractivity contribution is 6.20. The Morgan fingerprint density at radius 2 is 1.78 bits per heavy atom. The molecule has 2 heteroatoms. The van der Waals surface area contributed by atoms with Gasteiger partial charge in [-0.25, -0.2) is 0 Å². The van der Waals surface area contributed by atoms with Gasteiger partial charge in [0.2, 0.25) is 0 Å². The summed E-state index contributed by atoms with van der Waals surface area (Å²) in [6.07, 6.45) is 3.81. The van der Waals surface area contributed by atoms with Crippen molar-refractivity contribution in [2.75, 3.05) is 0 Å². The van der Waals surface area contributed by atoms with Gasteiger partial charge in [0.15, 0.2) is 0 Å². The van der Waals surface area contributed by atoms with Gasteiger partial charge >= 0.3 is 0 Å². The minimum atomic E-state index is 1.23. The van der Waals surface area contributed by atoms with Crippen molar-refractivity contribution in [2.45, 2.75) is 0 Å². The molecule has 0 unspecified atom stereocenters. The van der Waals surface area contributed by atoms with Gasteiger partial charge < -0.3 is 4.57 Å². The Bertz CT molecular complexity index is 887. The summed E-state index contributed by atoms with van der Waals surface area (Å²) in [7, 11) is 2.11. The van der Waals surface area contributed by atoms with Crippen LogP contribution in [0, 0.1) is 0 Å². The first-order valence-electron chi connectivity index (χ1n) is 6.06. The fourth-order valence-corrected chi connectivity index (χ4v) is 2.82. The van der Waals surface area contributed by atoms with Gasteiger partial charge in [-0.05, 0) is 22.9 Å². The van der Waals surface area contributed by atoms with E-state index in [-0.39, 0.29) is 0 Å². The van der Waals surface area contributed by atoms with Crippen molar-refractivity contribution in [1.82, 2.24) is 9.55 Å². The van der Waals surface area contributed by atoms with Gasteiger partial charge in [0.1, 0.15) is 0 Å². The predicted molar refractivity (Wildman–Crippen MR) is 75.7 cm³/mol. The Hall–Kier alpha value is -2.35. The van der Waals surface area contributed by atoms with E-state index in [1.54, 1.807) is 0 Å². The summed E-state index contributed by atoms with van der Waals surface area (Å²) in [5, 5.41) is 5.11. The average Bonchev–Trinajstić information content (AvgIpc) is 2.73. The number of hydrogen-bond donors (Lipinski definition) is 0. The lowest BCUT2D eigenvalue weighted by Crippen LogP contribution is -1.86. The minimum Gasteiger partial charge on any atom is -0.343 e. The first-order chi connectivity index (χ1) is 8.86. The molecule has 0 amide bonds. The van der Waals surface area contributed by atoms with Crippen LogP contribution in [-0.4, -0.2) is 9.55 Å². The van der Waals surface area contributed by atoms with E-state index in [1.165, 1.54) is 32.6 Å². The molecule has 4 rings (SSSR count). The van der Waals surface area contributed by atoms with Gasteiger partial charge in [0.25, 0.3) is 0 Å². The number of aromatic nitrogens is 2. The maximum absolute atomic E-state index is 4.27. The summed E-state index contributed by atoms with van der Waals surface area (Å²) in [6, 6.07) is 15.0. The Labute approximate surface area is 104 Å². The monoisotopic (exact) mass is 232 g/mol. The molecule has 0 saturated carbocycles. The summed E-state index contributed by atoms with van der Waals surface area (Å²) in [4.78, 5) is 4.27. The number of nitrogens with zero attached hydrogens (tertiary/aromatic N) is 2. The molecule has 4 aromatic rings. The van der Waals surface area contributed by atoms with E-state index in [0.717, 1.165) is 0 Å². The van der Waals surface area contributed by atoms with Crippen molar-refractivity contribution in [3.63, 3.8) is 0 Å². The Balaban J connectivity index is 2.41. The van der Waals surface area contributed by atoms with Crippen LogP contribution in [0.4, 0.5) is 0 Å². The van der Waals surface area contributed by atoms with Crippen molar-refractivity contribution < 1.29 is 0 Å². The van der Waals surface area contributed by atoms with E-state index in [9.17, 15) is 0 Å². The third-order valence-electron chi connectivity index (χ3n) is 3.70. The normalized spacial score (nSPS) is 11.6. The fraction of sp³-hybridized carbons (Fsp3) is 0.0625. The molecule has 0 saturated heterocycles. The van der Waals surface area contributed by atoms with Crippen molar-refractivity contribution in [2.24, 2.45) is 7.05 Å². The van der Waals surface area contributed by atoms with E-state index < -0.39 is 0 Å². The number of pyridine rings is 1. The predicted octanol–water partition coefficient (Wildman–Crippen LogP) is 3.88. The second-order valence-corrected chi connectivity index (χ2v) is 4.63. The van der Waals surface area contributed by atoms with Crippen molar-refractivity contribution in [1.29, 1.82) is 0 Å². The number of benzene rings is 2. The lowest BCUT2D eigenvalue weighted by atomic mass is 10.0. The van der Waals surface area contributed by atoms with E-state index in [1.807, 2.05) is 12.4 Å². The lowest BCUT2D eigenvalue weighted by molar-refractivity contribution is 1.01. The van der Waals surface area contributed by atoms with Crippen LogP contribution in [0.5, 0.6) is 0 Å². The average molecular weight is 232 g/mol. The highest BCUT2D eigenvalue weighted by Crippen LogP contribution is 2.33. The zero-order valence-corrected chi connectivity index (χ0v) is 10.1. The number of rotatable bonds is 0. The summed E-state index contributed by atoms with van der Waals surface area (Å²) in [5.41, 5.74) is 2.49. The molecule has 2 heterocycles. The van der Waals surface area contributed by atoms with Gasteiger partial charge in [-0.15, -0.1) is 0 Å². The van der Waals surface area contributed by atoms with E-state index >= 15 is 0 Å². The van der Waals surface area contributed by atoms with Crippen LogP contribution in [0.15, 0.2) is 54.9 Å². The molecule has 18 heavy (non-hydrogen) atoms. The molecule has 2 nitrogen and oxygen atoms in total. The van der Waals surface area contributed by atoms with Crippen LogP contribution in [-0.2, 0) is 7.05 Å². The first-order valence-corrected chi connectivity index (χ1v) is 6.06. The van der Waals surface area contributed by atoms with Gasteiger partial charge in [0.05, 0.1) is 5.52 Å². The van der Waals surface area contributed by atoms with Gasteiger partial charge in [-0.2, -0.15) is 0 Å². The quantitative estimate of drug-likeness (QED) is 0.450. The molecule has 0 bridgehead atoms. The highest BCUT2D eigenvalue weighted by atomic mass is 14.9. The molecule has 0 N–H and O–H groups in total. The van der Waals surface area contributed by atoms with Gasteiger partial charge in [0, 0.05) is 35.7 Å². The van der Waals surface area contributed by atoms with E-state index in [4.69, 9.17) is 0 Å². The third-order valence-corrected chi connectivity index (χ3v) is 3.70. The second-order valence-electron chi connectivity index (χ2n) is 4.63. The summed E-state index contributed by atoms with van der Waals surface area (Å²) < 4.78 is 2.23. The van der Waals surface area contributed by atoms with Crippen molar-refractivity contribution in [3.05, 3.63) is 54.9 Å². The Morgan fingerprint density at radius 1 is 0.889 bits per heavy atom. The van der Waals surface area contributed by atoms with E-state index in [0.29, 0.717) is 0 Å². The summed E-state index contributed by atoms with van der Waals surface area (Å²) in [5.74, 6) is 0. The Kier molecular flexibility index (Phi) is 1.78. The summed E-state index contributed by atoms with van der Waals surface area (Å²) in [6.45, 7) is 0. The van der Waals surface area contributed by atoms with Crippen molar-refractivity contribution >= 4 is 32.6 Å². The second kappa shape index (κ2) is 3.33. The van der Waals surface area contributed by atoms with Gasteiger partial charge in [-0.3, -0.25) is 4.98 Å². The molecular weight excluding hydrogens is 220 g/mol. The molecule has 0 fully saturated rings. The van der Waals surface area contributed by atoms with Gasteiger partial charge in [-0.1, -0.05) is 30.3 Å². The zero-order chi connectivity index (χ0) is 12.1. The van der Waals surface area contributed by atoms with Crippen LogP contribution in [0.2, 0.25) is 0 Å². The Morgan fingerprint density at radius 3 is 2.72 bits per heavy atom. The number of fused-ring (bicyclic) bond motifs is 5. The SMILES string of the molecule is Cn1c2ccncc2c2c3ccccc3ccc21. The van der Waals surface area contributed by atoms with E-state index in [2.05, 4.69) is 59.1 Å². The number of aryl methyl sites for hydroxylation is 1. The zero-order valence-electron chi connectivity index (χ0n) is 10.1. The van der Waals surface area contributed by atoms with Crippen LogP contribution < -0.4 is 0 Å². The molecule has 0 aliphatic heterocycles. The summed E-state index contributed by atoms with van der Waals surface area (Å²) >= 11 is 0. The largest absolute Gasteiger partial charge is 0.343 e. The minimum absolute atomic E-state index is 1.23.